The second kappa shape index (κ2) is 6.66. The summed E-state index contributed by atoms with van der Waals surface area (Å²) in [6, 6.07) is 5.77. The first-order valence-corrected chi connectivity index (χ1v) is 10.6. The lowest BCUT2D eigenvalue weighted by atomic mass is 9.92. The molecule has 0 unspecified atom stereocenters. The molecule has 124 valence electrons. The summed E-state index contributed by atoms with van der Waals surface area (Å²) in [5, 5.41) is 0. The van der Waals surface area contributed by atoms with E-state index >= 15 is 0 Å². The van der Waals surface area contributed by atoms with E-state index in [4.69, 9.17) is 0 Å². The van der Waals surface area contributed by atoms with E-state index < -0.39 is 32.1 Å². The summed E-state index contributed by atoms with van der Waals surface area (Å²) >= 11 is 0. The Morgan fingerprint density at radius 2 is 1.41 bits per heavy atom. The van der Waals surface area contributed by atoms with Crippen LogP contribution in [-0.4, -0.2) is 35.2 Å². The molecule has 1 aliphatic rings. The molecular formula is C14H22N2O4S2. The lowest BCUT2D eigenvalue weighted by Gasteiger charge is -2.31. The van der Waals surface area contributed by atoms with Gasteiger partial charge in [-0.3, -0.25) is 0 Å². The van der Waals surface area contributed by atoms with Gasteiger partial charge in [-0.1, -0.05) is 30.5 Å². The molecule has 0 bridgehead atoms. The first-order valence-electron chi connectivity index (χ1n) is 7.24. The summed E-state index contributed by atoms with van der Waals surface area (Å²) in [4.78, 5) is 0.196. The Morgan fingerprint density at radius 3 is 1.91 bits per heavy atom. The largest absolute Gasteiger partial charge is 0.240 e. The lowest BCUT2D eigenvalue weighted by Crippen LogP contribution is -2.52. The van der Waals surface area contributed by atoms with E-state index in [1.165, 1.54) is 0 Å². The van der Waals surface area contributed by atoms with E-state index in [-0.39, 0.29) is 4.90 Å². The molecule has 1 aromatic rings. The molecule has 0 aromatic heterocycles. The zero-order chi connectivity index (χ0) is 16.4. The average Bonchev–Trinajstić information content (AvgIpc) is 2.39. The maximum atomic E-state index is 12.4. The van der Waals surface area contributed by atoms with Gasteiger partial charge in [-0.05, 0) is 31.9 Å². The van der Waals surface area contributed by atoms with Gasteiger partial charge in [0.15, 0.2) is 0 Å². The van der Waals surface area contributed by atoms with Crippen LogP contribution in [0.15, 0.2) is 29.2 Å². The van der Waals surface area contributed by atoms with Crippen LogP contribution in [0.1, 0.15) is 31.2 Å². The van der Waals surface area contributed by atoms with Crippen molar-refractivity contribution in [1.82, 2.24) is 9.44 Å². The van der Waals surface area contributed by atoms with Gasteiger partial charge in [0.25, 0.3) is 0 Å². The van der Waals surface area contributed by atoms with Gasteiger partial charge in [-0.25, -0.2) is 26.3 Å². The molecule has 1 fully saturated rings. The van der Waals surface area contributed by atoms with Crippen molar-refractivity contribution in [2.75, 3.05) is 6.26 Å². The van der Waals surface area contributed by atoms with Crippen molar-refractivity contribution in [2.45, 2.75) is 49.6 Å². The van der Waals surface area contributed by atoms with Gasteiger partial charge in [0.2, 0.25) is 20.0 Å². The molecule has 0 amide bonds. The summed E-state index contributed by atoms with van der Waals surface area (Å²) < 4.78 is 52.9. The monoisotopic (exact) mass is 346 g/mol. The van der Waals surface area contributed by atoms with Crippen molar-refractivity contribution in [3.05, 3.63) is 29.8 Å². The second-order valence-corrected chi connectivity index (χ2v) is 9.32. The quantitative estimate of drug-likeness (QED) is 0.836. The molecule has 8 heteroatoms. The number of hydrogen-bond acceptors (Lipinski definition) is 4. The first kappa shape index (κ1) is 17.4. The molecule has 2 atom stereocenters. The minimum absolute atomic E-state index is 0.196. The Labute approximate surface area is 132 Å². The van der Waals surface area contributed by atoms with E-state index in [0.29, 0.717) is 12.8 Å². The highest BCUT2D eigenvalue weighted by atomic mass is 32.2. The van der Waals surface area contributed by atoms with Crippen LogP contribution in [0, 0.1) is 6.92 Å². The third-order valence-corrected chi connectivity index (χ3v) is 6.01. The maximum absolute atomic E-state index is 12.4. The minimum atomic E-state index is -3.65. The molecule has 0 heterocycles. The molecule has 1 aliphatic carbocycles. The Balaban J connectivity index is 2.17. The Morgan fingerprint density at radius 1 is 0.909 bits per heavy atom. The molecule has 22 heavy (non-hydrogen) atoms. The molecular weight excluding hydrogens is 324 g/mol. The molecule has 0 aliphatic heterocycles. The predicted octanol–water partition coefficient (Wildman–Crippen LogP) is 1.13. The van der Waals surface area contributed by atoms with Gasteiger partial charge in [0.05, 0.1) is 11.2 Å². The highest BCUT2D eigenvalue weighted by Crippen LogP contribution is 2.21. The number of nitrogens with one attached hydrogen (secondary N) is 2. The first-order chi connectivity index (χ1) is 10.2. The SMILES string of the molecule is Cc1ccc(S(=O)(=O)N[C@H]2CCCC[C@@H]2NS(C)(=O)=O)cc1. The predicted molar refractivity (Wildman–Crippen MR) is 85.5 cm³/mol. The highest BCUT2D eigenvalue weighted by molar-refractivity contribution is 7.89. The summed E-state index contributed by atoms with van der Waals surface area (Å²) in [5.74, 6) is 0. The fourth-order valence-electron chi connectivity index (χ4n) is 2.67. The number of sulfonamides is 2. The number of rotatable bonds is 5. The number of benzene rings is 1. The summed E-state index contributed by atoms with van der Waals surface area (Å²) in [6.45, 7) is 1.89. The lowest BCUT2D eigenvalue weighted by molar-refractivity contribution is 0.340. The van der Waals surface area contributed by atoms with Crippen molar-refractivity contribution >= 4 is 20.0 Å². The van der Waals surface area contributed by atoms with Gasteiger partial charge in [0, 0.05) is 12.1 Å². The fourth-order valence-corrected chi connectivity index (χ4v) is 4.82. The summed E-state index contributed by atoms with van der Waals surface area (Å²) in [6.07, 6.45) is 4.11. The number of hydrogen-bond donors (Lipinski definition) is 2. The molecule has 1 aromatic carbocycles. The fraction of sp³-hybridized carbons (Fsp3) is 0.571. The van der Waals surface area contributed by atoms with Gasteiger partial charge >= 0.3 is 0 Å². The third kappa shape index (κ3) is 4.77. The third-order valence-electron chi connectivity index (χ3n) is 3.77. The van der Waals surface area contributed by atoms with Crippen LogP contribution in [0.5, 0.6) is 0 Å². The van der Waals surface area contributed by atoms with Crippen LogP contribution in [0.25, 0.3) is 0 Å². The number of aryl methyl sites for hydroxylation is 1. The van der Waals surface area contributed by atoms with Crippen LogP contribution in [0.3, 0.4) is 0 Å². The topological polar surface area (TPSA) is 92.3 Å². The summed E-state index contributed by atoms with van der Waals surface area (Å²) in [7, 11) is -7.02. The second-order valence-electron chi connectivity index (χ2n) is 5.82. The van der Waals surface area contributed by atoms with E-state index in [2.05, 4.69) is 9.44 Å². The van der Waals surface area contributed by atoms with Crippen LogP contribution in [-0.2, 0) is 20.0 Å². The van der Waals surface area contributed by atoms with Crippen molar-refractivity contribution in [1.29, 1.82) is 0 Å². The van der Waals surface area contributed by atoms with E-state index in [1.54, 1.807) is 24.3 Å². The van der Waals surface area contributed by atoms with Crippen LogP contribution >= 0.6 is 0 Å². The molecule has 0 radical (unpaired) electrons. The average molecular weight is 346 g/mol. The van der Waals surface area contributed by atoms with E-state index in [1.807, 2.05) is 6.92 Å². The summed E-state index contributed by atoms with van der Waals surface area (Å²) in [5.41, 5.74) is 0.980. The van der Waals surface area contributed by atoms with Crippen molar-refractivity contribution < 1.29 is 16.8 Å². The van der Waals surface area contributed by atoms with Crippen LogP contribution < -0.4 is 9.44 Å². The normalized spacial score (nSPS) is 23.4. The smallest absolute Gasteiger partial charge is 0.213 e. The standard InChI is InChI=1S/C14H22N2O4S2/c1-11-7-9-12(10-8-11)22(19,20)16-14-6-4-3-5-13(14)15-21(2,17)18/h7-10,13-16H,3-6H2,1-2H3/t13-,14-/m0/s1. The zero-order valence-electron chi connectivity index (χ0n) is 12.7. The van der Waals surface area contributed by atoms with Gasteiger partial charge < -0.3 is 0 Å². The van der Waals surface area contributed by atoms with Crippen LogP contribution in [0.2, 0.25) is 0 Å². The van der Waals surface area contributed by atoms with Crippen molar-refractivity contribution in [2.24, 2.45) is 0 Å². The highest BCUT2D eigenvalue weighted by Gasteiger charge is 2.31. The van der Waals surface area contributed by atoms with Crippen molar-refractivity contribution in [3.63, 3.8) is 0 Å². The molecule has 2 rings (SSSR count). The molecule has 0 saturated heterocycles. The van der Waals surface area contributed by atoms with Crippen molar-refractivity contribution in [3.8, 4) is 0 Å². The maximum Gasteiger partial charge on any atom is 0.240 e. The molecule has 6 nitrogen and oxygen atoms in total. The Bertz CT molecular complexity index is 712. The van der Waals surface area contributed by atoms with E-state index in [0.717, 1.165) is 24.7 Å². The van der Waals surface area contributed by atoms with Gasteiger partial charge in [-0.15, -0.1) is 0 Å². The van der Waals surface area contributed by atoms with Gasteiger partial charge in [-0.2, -0.15) is 0 Å². The zero-order valence-corrected chi connectivity index (χ0v) is 14.4. The molecule has 1 saturated carbocycles. The van der Waals surface area contributed by atoms with Crippen LogP contribution in [0.4, 0.5) is 0 Å². The van der Waals surface area contributed by atoms with Gasteiger partial charge in [0.1, 0.15) is 0 Å². The molecule has 2 N–H and O–H groups in total. The Kier molecular flexibility index (Phi) is 5.26. The minimum Gasteiger partial charge on any atom is -0.213 e. The Hall–Kier alpha value is -0.960. The van der Waals surface area contributed by atoms with E-state index in [9.17, 15) is 16.8 Å². The molecule has 0 spiro atoms.